The van der Waals surface area contributed by atoms with Gasteiger partial charge in [0.05, 0.1) is 38.6 Å². The van der Waals surface area contributed by atoms with Crippen molar-refractivity contribution in [3.63, 3.8) is 0 Å². The predicted molar refractivity (Wildman–Crippen MR) is 57.7 cm³/mol. The molecule has 1 aliphatic heterocycles. The Kier molecular flexibility index (Phi) is 4.67. The molecule has 0 saturated carbocycles. The maximum atomic E-state index is 11.5. The summed E-state index contributed by atoms with van der Waals surface area (Å²) < 4.78 is 13.3. The second-order valence-electron chi connectivity index (χ2n) is 3.57. The molecule has 0 N–H and O–H groups in total. The largest absolute Gasteiger partial charge is 0.469 e. The Labute approximate surface area is 108 Å². The average Bonchev–Trinajstić information content (AvgIpc) is 2.73. The maximum Gasteiger partial charge on any atom is 0.405 e. The summed E-state index contributed by atoms with van der Waals surface area (Å²) in [6, 6.07) is 0. The van der Waals surface area contributed by atoms with E-state index in [2.05, 4.69) is 19.0 Å². The molecule has 0 bridgehead atoms. The fourth-order valence-corrected chi connectivity index (χ4v) is 1.63. The molecule has 2 unspecified atom stereocenters. The minimum atomic E-state index is -1.39. The number of carbonyl (C=O) groups excluding carboxylic acids is 3. The summed E-state index contributed by atoms with van der Waals surface area (Å²) in [5, 5.41) is 11.5. The summed E-state index contributed by atoms with van der Waals surface area (Å²) in [6.07, 6.45) is -1.78. The van der Waals surface area contributed by atoms with Gasteiger partial charge in [0.2, 0.25) is 0 Å². The highest BCUT2D eigenvalue weighted by atomic mass is 16.9. The van der Waals surface area contributed by atoms with Gasteiger partial charge in [0.15, 0.2) is 6.10 Å². The molecule has 0 amide bonds. The third-order valence-corrected chi connectivity index (χ3v) is 2.56. The second-order valence-corrected chi connectivity index (χ2v) is 3.57. The molecule has 9 heteroatoms. The van der Waals surface area contributed by atoms with Gasteiger partial charge in [0.1, 0.15) is 0 Å². The molecule has 0 saturated heterocycles. The van der Waals surface area contributed by atoms with Gasteiger partial charge in [0, 0.05) is 0 Å². The number of rotatable bonds is 4. The Morgan fingerprint density at radius 3 is 2.32 bits per heavy atom. The number of ether oxygens (including phenoxy) is 3. The Balaban J connectivity index is 3.05. The molecule has 0 aliphatic carbocycles. The molecular weight excluding hydrogens is 262 g/mol. The molecule has 0 aromatic rings. The third kappa shape index (κ3) is 2.92. The van der Waals surface area contributed by atoms with Crippen LogP contribution in [0.3, 0.4) is 0 Å². The van der Waals surface area contributed by atoms with Gasteiger partial charge in [-0.3, -0.25) is 14.8 Å². The summed E-state index contributed by atoms with van der Waals surface area (Å²) in [5.41, 5.74) is -0.483. The van der Waals surface area contributed by atoms with Crippen molar-refractivity contribution in [3.8, 4) is 0 Å². The van der Waals surface area contributed by atoms with Gasteiger partial charge in [-0.15, -0.1) is 0 Å². The Morgan fingerprint density at radius 1 is 1.21 bits per heavy atom. The van der Waals surface area contributed by atoms with Crippen LogP contribution in [0.2, 0.25) is 0 Å². The lowest BCUT2D eigenvalue weighted by Crippen LogP contribution is -2.37. The molecule has 1 aliphatic rings. The van der Waals surface area contributed by atoms with Crippen LogP contribution in [0.15, 0.2) is 0 Å². The average molecular weight is 275 g/mol. The van der Waals surface area contributed by atoms with E-state index in [1.165, 1.54) is 0 Å². The zero-order chi connectivity index (χ0) is 14.6. The first kappa shape index (κ1) is 14.7. The molecule has 0 fully saturated rings. The van der Waals surface area contributed by atoms with Crippen LogP contribution in [-0.4, -0.2) is 56.0 Å². The van der Waals surface area contributed by atoms with Crippen LogP contribution in [0, 0.1) is 11.1 Å². The van der Waals surface area contributed by atoms with Gasteiger partial charge >= 0.3 is 23.6 Å². The predicted octanol–water partition coefficient (Wildman–Crippen LogP) is -1.22. The minimum Gasteiger partial charge on any atom is -0.469 e. The molecule has 0 aromatic carbocycles. The number of carbonyl (C=O) groups is 3. The summed E-state index contributed by atoms with van der Waals surface area (Å²) in [7, 11) is 3.29. The van der Waals surface area contributed by atoms with Crippen LogP contribution in [0.4, 0.5) is 0 Å². The first-order chi connectivity index (χ1) is 8.96. The van der Waals surface area contributed by atoms with E-state index in [0.29, 0.717) is 0 Å². The monoisotopic (exact) mass is 275 g/mol. The second kappa shape index (κ2) is 6.03. The molecule has 2 atom stereocenters. The molecular formula is C10H13NO8. The summed E-state index contributed by atoms with van der Waals surface area (Å²) in [6.45, 7) is 0. The number of methoxy groups -OCH3 is 3. The van der Waals surface area contributed by atoms with Gasteiger partial charge in [0.25, 0.3) is 0 Å². The molecule has 9 nitrogen and oxygen atoms in total. The zero-order valence-electron chi connectivity index (χ0n) is 10.6. The standard InChI is InChI=1S/C10H13NO8/c1-16-6(12)4-5-7(9(13)17-2)11(15)19-8(5)10(14)18-3/h5,8H,4H2,1-3H3. The number of nitrogens with zero attached hydrogens (tertiary/aromatic N) is 1. The van der Waals surface area contributed by atoms with Gasteiger partial charge < -0.3 is 19.0 Å². The van der Waals surface area contributed by atoms with Crippen molar-refractivity contribution < 1.29 is 38.3 Å². The summed E-state index contributed by atoms with van der Waals surface area (Å²) in [4.78, 5) is 38.7. The van der Waals surface area contributed by atoms with E-state index in [-0.39, 0.29) is 11.3 Å². The van der Waals surface area contributed by atoms with Crippen molar-refractivity contribution in [3.05, 3.63) is 5.21 Å². The van der Waals surface area contributed by atoms with E-state index in [1.807, 2.05) is 0 Å². The van der Waals surface area contributed by atoms with E-state index in [4.69, 9.17) is 0 Å². The van der Waals surface area contributed by atoms with Crippen LogP contribution < -0.4 is 0 Å². The minimum absolute atomic E-state index is 0.138. The summed E-state index contributed by atoms with van der Waals surface area (Å²) in [5.74, 6) is -3.70. The lowest BCUT2D eigenvalue weighted by Gasteiger charge is -2.14. The lowest BCUT2D eigenvalue weighted by atomic mass is 9.93. The highest BCUT2D eigenvalue weighted by Gasteiger charge is 2.50. The Morgan fingerprint density at radius 2 is 1.84 bits per heavy atom. The van der Waals surface area contributed by atoms with Crippen molar-refractivity contribution in [1.29, 1.82) is 0 Å². The van der Waals surface area contributed by atoms with Gasteiger partial charge in [-0.1, -0.05) is 0 Å². The molecule has 1 rings (SSSR count). The van der Waals surface area contributed by atoms with Gasteiger partial charge in [-0.05, 0) is 0 Å². The quantitative estimate of drug-likeness (QED) is 0.356. The Bertz CT molecular complexity index is 429. The molecule has 0 radical (unpaired) electrons. The van der Waals surface area contributed by atoms with E-state index in [0.717, 1.165) is 21.3 Å². The fraction of sp³-hybridized carbons (Fsp3) is 0.600. The zero-order valence-corrected chi connectivity index (χ0v) is 10.6. The van der Waals surface area contributed by atoms with E-state index >= 15 is 0 Å². The molecule has 0 aromatic heterocycles. The van der Waals surface area contributed by atoms with Crippen molar-refractivity contribution in [1.82, 2.24) is 0 Å². The fourth-order valence-electron chi connectivity index (χ4n) is 1.63. The lowest BCUT2D eigenvalue weighted by molar-refractivity contribution is -0.737. The van der Waals surface area contributed by atoms with Crippen molar-refractivity contribution in [2.24, 2.45) is 5.92 Å². The topological polar surface area (TPSA) is 114 Å². The van der Waals surface area contributed by atoms with Crippen LogP contribution >= 0.6 is 0 Å². The van der Waals surface area contributed by atoms with Crippen LogP contribution in [0.5, 0.6) is 0 Å². The smallest absolute Gasteiger partial charge is 0.405 e. The molecule has 106 valence electrons. The highest BCUT2D eigenvalue weighted by Crippen LogP contribution is 2.24. The maximum absolute atomic E-state index is 11.5. The SMILES string of the molecule is COC(=O)CC1C(C(=O)OC)=[N+]([O-])OC1C(=O)OC. The molecule has 19 heavy (non-hydrogen) atoms. The first-order valence-corrected chi connectivity index (χ1v) is 5.20. The Hall–Kier alpha value is -2.32. The number of hydrogen-bond acceptors (Lipinski definition) is 8. The van der Waals surface area contributed by atoms with Crippen LogP contribution in [-0.2, 0) is 33.4 Å². The normalized spacial score (nSPS) is 21.6. The number of esters is 3. The van der Waals surface area contributed by atoms with Crippen molar-refractivity contribution in [2.75, 3.05) is 21.3 Å². The van der Waals surface area contributed by atoms with E-state index in [9.17, 15) is 19.6 Å². The van der Waals surface area contributed by atoms with Crippen molar-refractivity contribution in [2.45, 2.75) is 12.5 Å². The van der Waals surface area contributed by atoms with E-state index in [1.54, 1.807) is 0 Å². The van der Waals surface area contributed by atoms with Crippen molar-refractivity contribution >= 4 is 23.6 Å². The first-order valence-electron chi connectivity index (χ1n) is 5.20. The van der Waals surface area contributed by atoms with Gasteiger partial charge in [-0.25, -0.2) is 4.79 Å². The highest BCUT2D eigenvalue weighted by molar-refractivity contribution is 6.36. The van der Waals surface area contributed by atoms with Crippen LogP contribution in [0.25, 0.3) is 0 Å². The van der Waals surface area contributed by atoms with E-state index < -0.39 is 35.6 Å². The molecule has 1 heterocycles. The van der Waals surface area contributed by atoms with Crippen LogP contribution in [0.1, 0.15) is 6.42 Å². The third-order valence-electron chi connectivity index (χ3n) is 2.56. The molecule has 0 spiro atoms. The summed E-state index contributed by atoms with van der Waals surface area (Å²) >= 11 is 0. The van der Waals surface area contributed by atoms with Gasteiger partial charge in [-0.2, -0.15) is 0 Å². The number of hydrogen-bond donors (Lipinski definition) is 0.